The minimum Gasteiger partial charge on any atom is -0.481 e. The van der Waals surface area contributed by atoms with E-state index in [1.165, 1.54) is 11.3 Å². The fourth-order valence-corrected chi connectivity index (χ4v) is 4.49. The Labute approximate surface area is 126 Å². The first-order valence-corrected chi connectivity index (χ1v) is 8.17. The third kappa shape index (κ3) is 2.09. The average Bonchev–Trinajstić information content (AvgIpc) is 2.84. The molecule has 2 aromatic rings. The van der Waals surface area contributed by atoms with Crippen LogP contribution in [0.15, 0.2) is 4.79 Å². The summed E-state index contributed by atoms with van der Waals surface area (Å²) in [4.78, 5) is 30.7. The van der Waals surface area contributed by atoms with Crippen LogP contribution in [0.1, 0.15) is 48.9 Å². The summed E-state index contributed by atoms with van der Waals surface area (Å²) >= 11 is 1.50. The fraction of sp³-hybridized carbons (Fsp3) is 0.533. The van der Waals surface area contributed by atoms with E-state index in [2.05, 4.69) is 4.98 Å². The predicted molar refractivity (Wildman–Crippen MR) is 82.2 cm³/mol. The maximum absolute atomic E-state index is 12.8. The molecule has 6 heteroatoms. The Balaban J connectivity index is 2.38. The zero-order valence-electron chi connectivity index (χ0n) is 12.2. The third-order valence-corrected chi connectivity index (χ3v) is 5.34. The number of thiophene rings is 1. The molecule has 112 valence electrons. The smallest absolute Gasteiger partial charge is 0.311 e. The molecule has 5 nitrogen and oxygen atoms in total. The average molecular weight is 306 g/mol. The van der Waals surface area contributed by atoms with Crippen LogP contribution in [0.3, 0.4) is 0 Å². The zero-order chi connectivity index (χ0) is 15.1. The van der Waals surface area contributed by atoms with Crippen LogP contribution in [0.4, 0.5) is 0 Å². The number of carbonyl (C=O) groups is 1. The molecular weight excluding hydrogens is 288 g/mol. The Bertz CT molecular complexity index is 775. The number of aromatic nitrogens is 2. The van der Waals surface area contributed by atoms with Crippen LogP contribution in [0.2, 0.25) is 0 Å². The molecule has 1 unspecified atom stereocenters. The van der Waals surface area contributed by atoms with Gasteiger partial charge in [-0.3, -0.25) is 14.2 Å². The molecule has 1 aliphatic carbocycles. The Hall–Kier alpha value is -1.69. The van der Waals surface area contributed by atoms with E-state index >= 15 is 0 Å². The van der Waals surface area contributed by atoms with Crippen LogP contribution in [-0.4, -0.2) is 20.6 Å². The van der Waals surface area contributed by atoms with Crippen molar-refractivity contribution in [2.24, 2.45) is 0 Å². The summed E-state index contributed by atoms with van der Waals surface area (Å²) in [5, 5.41) is 10.00. The van der Waals surface area contributed by atoms with Crippen molar-refractivity contribution in [3.05, 3.63) is 26.6 Å². The number of aryl methyl sites for hydroxylation is 2. The Morgan fingerprint density at radius 3 is 2.86 bits per heavy atom. The number of fused-ring (bicyclic) bond motifs is 3. The van der Waals surface area contributed by atoms with Gasteiger partial charge in [0.1, 0.15) is 10.7 Å². The maximum atomic E-state index is 12.8. The summed E-state index contributed by atoms with van der Waals surface area (Å²) in [5.41, 5.74) is 0.654. The molecule has 0 saturated carbocycles. The number of hydrogen-bond donors (Lipinski definition) is 1. The number of carboxylic acid groups (broad SMARTS) is 1. The van der Waals surface area contributed by atoms with E-state index in [9.17, 15) is 14.7 Å². The Kier molecular flexibility index (Phi) is 3.57. The minimum absolute atomic E-state index is 0.0787. The van der Waals surface area contributed by atoms with Crippen molar-refractivity contribution in [3.63, 3.8) is 0 Å². The highest BCUT2D eigenvalue weighted by atomic mass is 32.1. The van der Waals surface area contributed by atoms with Crippen LogP contribution in [0.25, 0.3) is 10.2 Å². The molecule has 0 aliphatic heterocycles. The number of nitrogens with zero attached hydrogens (tertiary/aromatic N) is 2. The van der Waals surface area contributed by atoms with Gasteiger partial charge in [0.25, 0.3) is 5.56 Å². The molecule has 1 atom stereocenters. The van der Waals surface area contributed by atoms with Gasteiger partial charge in [-0.05, 0) is 31.7 Å². The first-order chi connectivity index (χ1) is 10.1. The maximum Gasteiger partial charge on any atom is 0.311 e. The van der Waals surface area contributed by atoms with Gasteiger partial charge < -0.3 is 5.11 Å². The highest BCUT2D eigenvalue weighted by molar-refractivity contribution is 7.18. The molecule has 1 N–H and O–H groups in total. The van der Waals surface area contributed by atoms with Gasteiger partial charge in [-0.1, -0.05) is 6.92 Å². The largest absolute Gasteiger partial charge is 0.481 e. The standard InChI is InChI=1S/C15H18N2O3S/c1-3-10-16-13-12(14(18)17(10)4-2)11-8(15(19)20)6-5-7-9(11)21-13/h8H,3-7H2,1-2H3,(H,19,20). The molecule has 3 rings (SSSR count). The zero-order valence-corrected chi connectivity index (χ0v) is 13.0. The molecule has 0 spiro atoms. The second-order valence-corrected chi connectivity index (χ2v) is 6.42. The lowest BCUT2D eigenvalue weighted by Crippen LogP contribution is -2.26. The molecule has 0 aromatic carbocycles. The van der Waals surface area contributed by atoms with Gasteiger partial charge in [-0.15, -0.1) is 11.3 Å². The van der Waals surface area contributed by atoms with Crippen LogP contribution < -0.4 is 5.56 Å². The number of aliphatic carboxylic acids is 1. The van der Waals surface area contributed by atoms with Gasteiger partial charge in [-0.2, -0.15) is 0 Å². The summed E-state index contributed by atoms with van der Waals surface area (Å²) < 4.78 is 1.67. The van der Waals surface area contributed by atoms with Crippen LogP contribution in [-0.2, 0) is 24.2 Å². The number of hydrogen-bond acceptors (Lipinski definition) is 4. The first kappa shape index (κ1) is 14.3. The Morgan fingerprint density at radius 1 is 1.48 bits per heavy atom. The van der Waals surface area contributed by atoms with Crippen molar-refractivity contribution < 1.29 is 9.90 Å². The van der Waals surface area contributed by atoms with Crippen molar-refractivity contribution in [3.8, 4) is 0 Å². The number of rotatable bonds is 3. The van der Waals surface area contributed by atoms with Crippen molar-refractivity contribution >= 4 is 27.5 Å². The van der Waals surface area contributed by atoms with Gasteiger partial charge in [0, 0.05) is 17.8 Å². The van der Waals surface area contributed by atoms with E-state index in [1.54, 1.807) is 4.57 Å². The molecule has 0 bridgehead atoms. The molecule has 0 amide bonds. The molecule has 21 heavy (non-hydrogen) atoms. The lowest BCUT2D eigenvalue weighted by atomic mass is 9.86. The minimum atomic E-state index is -0.835. The third-order valence-electron chi connectivity index (χ3n) is 4.18. The van der Waals surface area contributed by atoms with Gasteiger partial charge in [-0.25, -0.2) is 4.98 Å². The second kappa shape index (κ2) is 5.26. The van der Waals surface area contributed by atoms with E-state index in [4.69, 9.17) is 0 Å². The van der Waals surface area contributed by atoms with E-state index in [0.29, 0.717) is 29.6 Å². The van der Waals surface area contributed by atoms with Crippen molar-refractivity contribution in [2.75, 3.05) is 0 Å². The normalized spacial score (nSPS) is 17.9. The van der Waals surface area contributed by atoms with Crippen LogP contribution >= 0.6 is 11.3 Å². The summed E-state index contributed by atoms with van der Waals surface area (Å²) in [5.74, 6) is -0.618. The summed E-state index contributed by atoms with van der Waals surface area (Å²) in [6.45, 7) is 4.46. The van der Waals surface area contributed by atoms with Crippen LogP contribution in [0.5, 0.6) is 0 Å². The molecule has 2 aromatic heterocycles. The van der Waals surface area contributed by atoms with Gasteiger partial charge in [0.15, 0.2) is 0 Å². The summed E-state index contributed by atoms with van der Waals surface area (Å²) in [6.07, 6.45) is 3.02. The number of carboxylic acids is 1. The molecule has 0 fully saturated rings. The van der Waals surface area contributed by atoms with Crippen LogP contribution in [0, 0.1) is 0 Å². The Morgan fingerprint density at radius 2 is 2.24 bits per heavy atom. The molecule has 0 radical (unpaired) electrons. The van der Waals surface area contributed by atoms with Crippen molar-refractivity contribution in [2.45, 2.75) is 52.0 Å². The van der Waals surface area contributed by atoms with Gasteiger partial charge >= 0.3 is 5.97 Å². The topological polar surface area (TPSA) is 72.2 Å². The predicted octanol–water partition coefficient (Wildman–Crippen LogP) is 2.54. The second-order valence-electron chi connectivity index (χ2n) is 5.33. The van der Waals surface area contributed by atoms with Crippen molar-refractivity contribution in [1.29, 1.82) is 0 Å². The monoisotopic (exact) mass is 306 g/mol. The van der Waals surface area contributed by atoms with Crippen molar-refractivity contribution in [1.82, 2.24) is 9.55 Å². The quantitative estimate of drug-likeness (QED) is 0.946. The molecule has 2 heterocycles. The fourth-order valence-electron chi connectivity index (χ4n) is 3.20. The molecule has 1 aliphatic rings. The highest BCUT2D eigenvalue weighted by Gasteiger charge is 2.32. The summed E-state index contributed by atoms with van der Waals surface area (Å²) in [6, 6.07) is 0. The SMILES string of the molecule is CCc1nc2sc3c(c2c(=O)n1CC)C(C(=O)O)CCC3. The van der Waals surface area contributed by atoms with E-state index in [-0.39, 0.29) is 5.56 Å². The lowest BCUT2D eigenvalue weighted by molar-refractivity contribution is -0.139. The van der Waals surface area contributed by atoms with Gasteiger partial charge in [0.05, 0.1) is 11.3 Å². The lowest BCUT2D eigenvalue weighted by Gasteiger charge is -2.19. The highest BCUT2D eigenvalue weighted by Crippen LogP contribution is 2.40. The van der Waals surface area contributed by atoms with Gasteiger partial charge in [0.2, 0.25) is 0 Å². The first-order valence-electron chi connectivity index (χ1n) is 7.36. The van der Waals surface area contributed by atoms with E-state index in [1.807, 2.05) is 13.8 Å². The van der Waals surface area contributed by atoms with E-state index in [0.717, 1.165) is 29.1 Å². The summed E-state index contributed by atoms with van der Waals surface area (Å²) in [7, 11) is 0. The molecular formula is C15H18N2O3S. The molecule has 0 saturated heterocycles. The van der Waals surface area contributed by atoms with E-state index < -0.39 is 11.9 Å².